The van der Waals surface area contributed by atoms with Crippen molar-refractivity contribution in [2.75, 3.05) is 0 Å². The van der Waals surface area contributed by atoms with Gasteiger partial charge >= 0.3 is 0 Å². The second-order valence-electron chi connectivity index (χ2n) is 8.18. The molecule has 0 saturated heterocycles. The number of aryl methyl sites for hydroxylation is 2. The molecular formula is C24H24N4O3. The van der Waals surface area contributed by atoms with Crippen molar-refractivity contribution in [2.45, 2.75) is 38.3 Å². The van der Waals surface area contributed by atoms with E-state index in [4.69, 9.17) is 4.42 Å². The average molecular weight is 416 g/mol. The monoisotopic (exact) mass is 416 g/mol. The minimum absolute atomic E-state index is 0.186. The second-order valence-corrected chi connectivity index (χ2v) is 8.18. The topological polar surface area (TPSA) is 93.2 Å². The molecule has 1 aliphatic carbocycles. The average Bonchev–Trinajstić information content (AvgIpc) is 3.37. The molecule has 1 fully saturated rings. The maximum atomic E-state index is 12.8. The Morgan fingerprint density at radius 2 is 2.03 bits per heavy atom. The Morgan fingerprint density at radius 1 is 1.23 bits per heavy atom. The zero-order valence-corrected chi connectivity index (χ0v) is 17.5. The van der Waals surface area contributed by atoms with Crippen LogP contribution >= 0.6 is 0 Å². The predicted octanol–water partition coefficient (Wildman–Crippen LogP) is 3.38. The van der Waals surface area contributed by atoms with E-state index < -0.39 is 6.10 Å². The van der Waals surface area contributed by atoms with Crippen molar-refractivity contribution in [3.63, 3.8) is 0 Å². The minimum Gasteiger partial charge on any atom is -0.449 e. The molecule has 0 aliphatic heterocycles. The second kappa shape index (κ2) is 7.67. The normalized spacial score (nSPS) is 18.2. The van der Waals surface area contributed by atoms with E-state index in [1.807, 2.05) is 49.0 Å². The number of oxazole rings is 1. The van der Waals surface area contributed by atoms with Gasteiger partial charge in [0.25, 0.3) is 5.91 Å². The van der Waals surface area contributed by atoms with Gasteiger partial charge in [-0.3, -0.25) is 4.79 Å². The van der Waals surface area contributed by atoms with Crippen LogP contribution in [0.1, 0.15) is 40.3 Å². The summed E-state index contributed by atoms with van der Waals surface area (Å²) in [6.07, 6.45) is 5.34. The van der Waals surface area contributed by atoms with Crippen molar-refractivity contribution >= 4 is 16.9 Å². The van der Waals surface area contributed by atoms with Crippen molar-refractivity contribution in [2.24, 2.45) is 7.05 Å². The van der Waals surface area contributed by atoms with Crippen molar-refractivity contribution in [3.8, 4) is 11.3 Å². The van der Waals surface area contributed by atoms with Crippen molar-refractivity contribution < 1.29 is 14.3 Å². The van der Waals surface area contributed by atoms with Gasteiger partial charge in [-0.05, 0) is 42.5 Å². The molecule has 1 aliphatic rings. The molecular weight excluding hydrogens is 392 g/mol. The molecule has 7 heteroatoms. The first-order valence-electron chi connectivity index (χ1n) is 10.4. The van der Waals surface area contributed by atoms with Gasteiger partial charge in [0.1, 0.15) is 23.3 Å². The van der Waals surface area contributed by atoms with Crippen molar-refractivity contribution in [1.29, 1.82) is 0 Å². The Labute approximate surface area is 179 Å². The van der Waals surface area contributed by atoms with Crippen LogP contribution in [0.15, 0.2) is 53.3 Å². The summed E-state index contributed by atoms with van der Waals surface area (Å²) in [7, 11) is 1.92. The molecule has 3 aromatic heterocycles. The zero-order chi connectivity index (χ0) is 21.5. The van der Waals surface area contributed by atoms with Crippen LogP contribution < -0.4 is 5.32 Å². The Kier molecular flexibility index (Phi) is 4.82. The summed E-state index contributed by atoms with van der Waals surface area (Å²) in [5.74, 6) is 0.396. The van der Waals surface area contributed by atoms with Crippen molar-refractivity contribution in [3.05, 3.63) is 71.6 Å². The summed E-state index contributed by atoms with van der Waals surface area (Å²) in [5, 5.41) is 13.7. The first-order chi connectivity index (χ1) is 15.0. The molecule has 5 rings (SSSR count). The number of carbonyl (C=O) groups excluding carboxylic acids is 1. The number of nitrogens with one attached hydrogen (secondary N) is 1. The number of pyridine rings is 1. The fraction of sp³-hybridized carbons (Fsp3) is 0.292. The maximum Gasteiger partial charge on any atom is 0.270 e. The molecule has 4 aromatic rings. The summed E-state index contributed by atoms with van der Waals surface area (Å²) < 4.78 is 7.22. The Morgan fingerprint density at radius 3 is 2.68 bits per heavy atom. The third kappa shape index (κ3) is 3.72. The van der Waals surface area contributed by atoms with Crippen LogP contribution in [0, 0.1) is 6.92 Å². The molecule has 3 heterocycles. The van der Waals surface area contributed by atoms with Gasteiger partial charge in [-0.15, -0.1) is 0 Å². The third-order valence-electron chi connectivity index (χ3n) is 5.97. The van der Waals surface area contributed by atoms with E-state index in [9.17, 15) is 9.90 Å². The highest BCUT2D eigenvalue weighted by Crippen LogP contribution is 2.25. The van der Waals surface area contributed by atoms with Gasteiger partial charge in [0.15, 0.2) is 5.89 Å². The molecule has 2 N–H and O–H groups in total. The highest BCUT2D eigenvalue weighted by Gasteiger charge is 2.30. The first-order valence-corrected chi connectivity index (χ1v) is 10.4. The predicted molar refractivity (Wildman–Crippen MR) is 117 cm³/mol. The molecule has 2 atom stereocenters. The van der Waals surface area contributed by atoms with E-state index in [2.05, 4.69) is 27.4 Å². The van der Waals surface area contributed by atoms with E-state index in [0.29, 0.717) is 18.0 Å². The van der Waals surface area contributed by atoms with Crippen LogP contribution in [0.4, 0.5) is 0 Å². The molecule has 158 valence electrons. The summed E-state index contributed by atoms with van der Waals surface area (Å²) >= 11 is 0. The Balaban J connectivity index is 1.44. The van der Waals surface area contributed by atoms with E-state index in [1.165, 1.54) is 0 Å². The Hall–Kier alpha value is -3.45. The molecule has 1 saturated carbocycles. The molecule has 0 unspecified atom stereocenters. The SMILES string of the molecule is Cc1nc(-c2ccc(Cc3cc(C(=O)N[C@H]4CC[C@@H]4O)nc4c3ccn4C)cc2)co1. The Bertz CT molecular complexity index is 1260. The quantitative estimate of drug-likeness (QED) is 0.520. The van der Waals surface area contributed by atoms with Crippen LogP contribution in [-0.2, 0) is 13.5 Å². The van der Waals surface area contributed by atoms with Crippen LogP contribution in [0.5, 0.6) is 0 Å². The number of nitrogens with zero attached hydrogens (tertiary/aromatic N) is 3. The number of fused-ring (bicyclic) bond motifs is 1. The summed E-state index contributed by atoms with van der Waals surface area (Å²) in [6.45, 7) is 1.83. The van der Waals surface area contributed by atoms with Gasteiger partial charge in [0, 0.05) is 31.1 Å². The number of hydrogen-bond acceptors (Lipinski definition) is 5. The number of carbonyl (C=O) groups is 1. The van der Waals surface area contributed by atoms with Gasteiger partial charge in [0.05, 0.1) is 12.1 Å². The number of benzene rings is 1. The number of rotatable bonds is 5. The summed E-state index contributed by atoms with van der Waals surface area (Å²) in [4.78, 5) is 21.7. The zero-order valence-electron chi connectivity index (χ0n) is 17.5. The highest BCUT2D eigenvalue weighted by atomic mass is 16.3. The van der Waals surface area contributed by atoms with E-state index >= 15 is 0 Å². The number of amides is 1. The van der Waals surface area contributed by atoms with Gasteiger partial charge in [-0.2, -0.15) is 0 Å². The molecule has 1 aromatic carbocycles. The lowest BCUT2D eigenvalue weighted by atomic mass is 9.89. The van der Waals surface area contributed by atoms with Gasteiger partial charge < -0.3 is 19.4 Å². The van der Waals surface area contributed by atoms with Crippen LogP contribution in [0.25, 0.3) is 22.3 Å². The molecule has 7 nitrogen and oxygen atoms in total. The largest absolute Gasteiger partial charge is 0.449 e. The van der Waals surface area contributed by atoms with E-state index in [1.54, 1.807) is 6.26 Å². The lowest BCUT2D eigenvalue weighted by Crippen LogP contribution is -2.50. The van der Waals surface area contributed by atoms with Gasteiger partial charge in [-0.1, -0.05) is 24.3 Å². The van der Waals surface area contributed by atoms with E-state index in [0.717, 1.165) is 46.3 Å². The molecule has 0 bridgehead atoms. The standard InChI is InChI=1S/C24H24N4O3/c1-14-25-21(13-31-14)16-5-3-15(4-6-16)11-17-12-20(24(30)27-19-7-8-22(19)29)26-23-18(17)9-10-28(23)2/h3-6,9-10,12-13,19,22,29H,7-8,11H2,1-2H3,(H,27,30)/t19-,22-/m0/s1. The molecule has 0 spiro atoms. The smallest absolute Gasteiger partial charge is 0.270 e. The fourth-order valence-electron chi connectivity index (χ4n) is 3.97. The van der Waals surface area contributed by atoms with Crippen molar-refractivity contribution in [1.82, 2.24) is 19.9 Å². The molecule has 0 radical (unpaired) electrons. The summed E-state index contributed by atoms with van der Waals surface area (Å²) in [6, 6.07) is 11.9. The summed E-state index contributed by atoms with van der Waals surface area (Å²) in [5.41, 5.74) is 5.12. The number of aliphatic hydroxyl groups excluding tert-OH is 1. The minimum atomic E-state index is -0.464. The third-order valence-corrected chi connectivity index (χ3v) is 5.97. The number of aliphatic hydroxyl groups is 1. The molecule has 1 amide bonds. The maximum absolute atomic E-state index is 12.8. The fourth-order valence-corrected chi connectivity index (χ4v) is 3.97. The lowest BCUT2D eigenvalue weighted by molar-refractivity contribution is 0.0445. The van der Waals surface area contributed by atoms with E-state index in [-0.39, 0.29) is 11.9 Å². The van der Waals surface area contributed by atoms with Gasteiger partial charge in [-0.25, -0.2) is 9.97 Å². The number of hydrogen-bond donors (Lipinski definition) is 2. The highest BCUT2D eigenvalue weighted by molar-refractivity contribution is 5.96. The van der Waals surface area contributed by atoms with Gasteiger partial charge in [0.2, 0.25) is 0 Å². The first kappa shape index (κ1) is 19.5. The van der Waals surface area contributed by atoms with Crippen LogP contribution in [0.2, 0.25) is 0 Å². The van der Waals surface area contributed by atoms with Crippen LogP contribution in [0.3, 0.4) is 0 Å². The number of aromatic nitrogens is 3. The molecule has 31 heavy (non-hydrogen) atoms. The lowest BCUT2D eigenvalue weighted by Gasteiger charge is -2.32. The van der Waals surface area contributed by atoms with Crippen LogP contribution in [-0.4, -0.2) is 37.7 Å².